The molecule has 0 unspecified atom stereocenters. The van der Waals surface area contributed by atoms with Gasteiger partial charge in [-0.3, -0.25) is 4.79 Å². The first-order valence-corrected chi connectivity index (χ1v) is 7.94. The highest BCUT2D eigenvalue weighted by molar-refractivity contribution is 7.12. The van der Waals surface area contributed by atoms with Crippen molar-refractivity contribution in [2.45, 2.75) is 0 Å². The summed E-state index contributed by atoms with van der Waals surface area (Å²) in [5, 5.41) is 8.73. The van der Waals surface area contributed by atoms with Crippen LogP contribution in [0.15, 0.2) is 66.0 Å². The third kappa shape index (κ3) is 3.67. The fourth-order valence-corrected chi connectivity index (χ4v) is 2.68. The van der Waals surface area contributed by atoms with E-state index in [1.165, 1.54) is 11.3 Å². The average Bonchev–Trinajstić information content (AvgIpc) is 3.06. The van der Waals surface area contributed by atoms with Gasteiger partial charge in [0.2, 0.25) is 0 Å². The number of halogens is 1. The summed E-state index contributed by atoms with van der Waals surface area (Å²) >= 11 is 7.28. The van der Waals surface area contributed by atoms with Gasteiger partial charge in [0.25, 0.3) is 5.91 Å². The van der Waals surface area contributed by atoms with E-state index < -0.39 is 0 Å². The van der Waals surface area contributed by atoms with Crippen LogP contribution in [0.25, 0.3) is 0 Å². The highest BCUT2D eigenvalue weighted by Crippen LogP contribution is 2.21. The summed E-state index contributed by atoms with van der Waals surface area (Å²) in [5.74, 6) is -0.0894. The molecule has 0 aliphatic rings. The maximum atomic E-state index is 12.0. The lowest BCUT2D eigenvalue weighted by molar-refractivity contribution is 0.103. The molecule has 0 aliphatic heterocycles. The van der Waals surface area contributed by atoms with E-state index in [0.717, 1.165) is 17.1 Å². The number of rotatable bonds is 4. The Morgan fingerprint density at radius 2 is 1.45 bits per heavy atom. The Balaban J connectivity index is 1.65. The fraction of sp³-hybridized carbons (Fsp3) is 0. The van der Waals surface area contributed by atoms with E-state index in [4.69, 9.17) is 11.6 Å². The van der Waals surface area contributed by atoms with Crippen molar-refractivity contribution in [1.29, 1.82) is 0 Å². The molecule has 0 saturated heterocycles. The molecule has 1 heterocycles. The summed E-state index contributed by atoms with van der Waals surface area (Å²) in [6.07, 6.45) is 0. The molecule has 3 aromatic rings. The van der Waals surface area contributed by atoms with Gasteiger partial charge in [-0.15, -0.1) is 11.3 Å². The average molecular weight is 329 g/mol. The monoisotopic (exact) mass is 328 g/mol. The Kier molecular flexibility index (Phi) is 4.42. The van der Waals surface area contributed by atoms with Crippen molar-refractivity contribution in [3.05, 3.63) is 75.9 Å². The second-order valence-electron chi connectivity index (χ2n) is 4.64. The number of amides is 1. The molecular weight excluding hydrogens is 316 g/mol. The number of hydrogen-bond acceptors (Lipinski definition) is 3. The van der Waals surface area contributed by atoms with Crippen LogP contribution in [0.1, 0.15) is 9.67 Å². The molecule has 1 aromatic heterocycles. The largest absolute Gasteiger partial charge is 0.356 e. The quantitative estimate of drug-likeness (QED) is 0.673. The van der Waals surface area contributed by atoms with Crippen LogP contribution < -0.4 is 10.6 Å². The molecule has 5 heteroatoms. The van der Waals surface area contributed by atoms with Gasteiger partial charge in [0.15, 0.2) is 0 Å². The molecule has 22 heavy (non-hydrogen) atoms. The third-order valence-corrected chi connectivity index (χ3v) is 4.14. The molecule has 1 amide bonds. The summed E-state index contributed by atoms with van der Waals surface area (Å²) in [4.78, 5) is 12.7. The number of nitrogens with one attached hydrogen (secondary N) is 2. The minimum absolute atomic E-state index is 0.0894. The van der Waals surface area contributed by atoms with Crippen LogP contribution in [0.2, 0.25) is 5.02 Å². The van der Waals surface area contributed by atoms with Crippen LogP contribution in [0, 0.1) is 0 Å². The van der Waals surface area contributed by atoms with E-state index in [9.17, 15) is 4.79 Å². The van der Waals surface area contributed by atoms with Crippen molar-refractivity contribution >= 4 is 45.9 Å². The van der Waals surface area contributed by atoms with Gasteiger partial charge in [0.05, 0.1) is 4.88 Å². The summed E-state index contributed by atoms with van der Waals surface area (Å²) in [6, 6.07) is 18.7. The Morgan fingerprint density at radius 1 is 0.864 bits per heavy atom. The van der Waals surface area contributed by atoms with E-state index in [0.29, 0.717) is 9.90 Å². The van der Waals surface area contributed by atoms with E-state index in [1.807, 2.05) is 60.0 Å². The maximum absolute atomic E-state index is 12.0. The minimum Gasteiger partial charge on any atom is -0.356 e. The van der Waals surface area contributed by atoms with Crippen LogP contribution in [-0.2, 0) is 0 Å². The Bertz CT molecular complexity index is 752. The number of carbonyl (C=O) groups excluding carboxylic acids is 1. The highest BCUT2D eigenvalue weighted by Gasteiger charge is 2.06. The van der Waals surface area contributed by atoms with Gasteiger partial charge in [0.1, 0.15) is 0 Å². The zero-order valence-corrected chi connectivity index (χ0v) is 13.1. The maximum Gasteiger partial charge on any atom is 0.265 e. The predicted octanol–water partition coefficient (Wildman–Crippen LogP) is 5.40. The number of carbonyl (C=O) groups is 1. The van der Waals surface area contributed by atoms with E-state index in [-0.39, 0.29) is 5.91 Å². The van der Waals surface area contributed by atoms with Crippen LogP contribution >= 0.6 is 22.9 Å². The highest BCUT2D eigenvalue weighted by atomic mass is 35.5. The minimum atomic E-state index is -0.0894. The van der Waals surface area contributed by atoms with Gasteiger partial charge < -0.3 is 10.6 Å². The molecule has 0 fully saturated rings. The summed E-state index contributed by atoms with van der Waals surface area (Å²) in [6.45, 7) is 0. The summed E-state index contributed by atoms with van der Waals surface area (Å²) in [5.41, 5.74) is 2.66. The summed E-state index contributed by atoms with van der Waals surface area (Å²) < 4.78 is 0. The lowest BCUT2D eigenvalue weighted by Gasteiger charge is -2.08. The van der Waals surface area contributed by atoms with Crippen LogP contribution in [-0.4, -0.2) is 5.91 Å². The molecule has 110 valence electrons. The molecule has 3 nitrogen and oxygen atoms in total. The Labute approximate surface area is 137 Å². The number of thiophene rings is 1. The van der Waals surface area contributed by atoms with E-state index in [1.54, 1.807) is 6.07 Å². The smallest absolute Gasteiger partial charge is 0.265 e. The van der Waals surface area contributed by atoms with Crippen LogP contribution in [0.5, 0.6) is 0 Å². The molecular formula is C17H13ClN2OS. The fourth-order valence-electron chi connectivity index (χ4n) is 1.94. The third-order valence-electron chi connectivity index (χ3n) is 3.02. The molecule has 3 rings (SSSR count). The van der Waals surface area contributed by atoms with Crippen molar-refractivity contribution in [1.82, 2.24) is 0 Å². The van der Waals surface area contributed by atoms with Gasteiger partial charge in [0, 0.05) is 22.1 Å². The van der Waals surface area contributed by atoms with Gasteiger partial charge in [-0.2, -0.15) is 0 Å². The topological polar surface area (TPSA) is 41.1 Å². The SMILES string of the molecule is O=C(Nc1ccc(Nc2ccc(Cl)cc2)cc1)c1cccs1. The first-order chi connectivity index (χ1) is 10.7. The zero-order valence-electron chi connectivity index (χ0n) is 11.5. The zero-order chi connectivity index (χ0) is 15.4. The second-order valence-corrected chi connectivity index (χ2v) is 6.02. The van der Waals surface area contributed by atoms with Crippen molar-refractivity contribution in [2.75, 3.05) is 10.6 Å². The first kappa shape index (κ1) is 14.6. The molecule has 0 radical (unpaired) electrons. The molecule has 0 saturated carbocycles. The lowest BCUT2D eigenvalue weighted by Crippen LogP contribution is -2.09. The Morgan fingerprint density at radius 3 is 2.05 bits per heavy atom. The Hall–Kier alpha value is -2.30. The number of anilines is 3. The molecule has 0 bridgehead atoms. The van der Waals surface area contributed by atoms with Crippen LogP contribution in [0.3, 0.4) is 0 Å². The standard InChI is InChI=1S/C17H13ClN2OS/c18-12-3-5-13(6-4-12)19-14-7-9-15(10-8-14)20-17(21)16-2-1-11-22-16/h1-11,19H,(H,20,21). The van der Waals surface area contributed by atoms with Crippen LogP contribution in [0.4, 0.5) is 17.1 Å². The van der Waals surface area contributed by atoms with Gasteiger partial charge in [-0.25, -0.2) is 0 Å². The van der Waals surface area contributed by atoms with E-state index >= 15 is 0 Å². The molecule has 2 aromatic carbocycles. The van der Waals surface area contributed by atoms with Crippen molar-refractivity contribution in [3.8, 4) is 0 Å². The lowest BCUT2D eigenvalue weighted by atomic mass is 10.2. The van der Waals surface area contributed by atoms with Crippen molar-refractivity contribution in [2.24, 2.45) is 0 Å². The van der Waals surface area contributed by atoms with Gasteiger partial charge in [-0.05, 0) is 60.0 Å². The molecule has 0 aliphatic carbocycles. The molecule has 0 atom stereocenters. The normalized spacial score (nSPS) is 10.2. The van der Waals surface area contributed by atoms with Crippen molar-refractivity contribution in [3.63, 3.8) is 0 Å². The summed E-state index contributed by atoms with van der Waals surface area (Å²) in [7, 11) is 0. The van der Waals surface area contributed by atoms with Crippen molar-refractivity contribution < 1.29 is 4.79 Å². The molecule has 2 N–H and O–H groups in total. The second kappa shape index (κ2) is 6.64. The van der Waals surface area contributed by atoms with Gasteiger partial charge >= 0.3 is 0 Å². The number of benzene rings is 2. The van der Waals surface area contributed by atoms with Gasteiger partial charge in [-0.1, -0.05) is 17.7 Å². The molecule has 0 spiro atoms. The number of hydrogen-bond donors (Lipinski definition) is 2. The predicted molar refractivity (Wildman–Crippen MR) is 93.4 cm³/mol. The van der Waals surface area contributed by atoms with E-state index in [2.05, 4.69) is 10.6 Å². The first-order valence-electron chi connectivity index (χ1n) is 6.68.